The number of nitrogens with one attached hydrogen (secondary N) is 1. The fraction of sp³-hybridized carbons (Fsp3) is 0.909. The van der Waals surface area contributed by atoms with Crippen molar-refractivity contribution in [3.63, 3.8) is 0 Å². The zero-order valence-electron chi connectivity index (χ0n) is 11.3. The van der Waals surface area contributed by atoms with E-state index in [1.807, 2.05) is 0 Å². The highest BCUT2D eigenvalue weighted by atomic mass is 32.2. The summed E-state index contributed by atoms with van der Waals surface area (Å²) in [4.78, 5) is 2.30. The summed E-state index contributed by atoms with van der Waals surface area (Å²) < 4.78 is 31.7. The molecule has 1 atom stereocenters. The average Bonchev–Trinajstić information content (AvgIpc) is 2.36. The van der Waals surface area contributed by atoms with E-state index in [0.29, 0.717) is 13.0 Å². The number of thiocarbonyl (C=S) groups is 1. The van der Waals surface area contributed by atoms with Gasteiger partial charge in [0, 0.05) is 19.6 Å². The van der Waals surface area contributed by atoms with Gasteiger partial charge >= 0.3 is 0 Å². The maximum absolute atomic E-state index is 11.9. The van der Waals surface area contributed by atoms with E-state index in [2.05, 4.69) is 9.62 Å². The highest BCUT2D eigenvalue weighted by molar-refractivity contribution is 7.93. The quantitative estimate of drug-likeness (QED) is 0.473. The highest BCUT2D eigenvalue weighted by Gasteiger charge is 2.25. The first-order valence-corrected chi connectivity index (χ1v) is 8.50. The van der Waals surface area contributed by atoms with E-state index in [1.165, 1.54) is 0 Å². The monoisotopic (exact) mass is 309 g/mol. The second-order valence-electron chi connectivity index (χ2n) is 4.55. The summed E-state index contributed by atoms with van der Waals surface area (Å²) >= 11 is 4.78. The van der Waals surface area contributed by atoms with Crippen LogP contribution in [0.5, 0.6) is 0 Å². The van der Waals surface area contributed by atoms with Crippen LogP contribution in [0.25, 0.3) is 0 Å². The maximum atomic E-state index is 11.9. The smallest absolute Gasteiger partial charge is 0.220 e. The van der Waals surface area contributed by atoms with Gasteiger partial charge in [-0.15, -0.1) is 0 Å². The summed E-state index contributed by atoms with van der Waals surface area (Å²) in [5.41, 5.74) is 5.44. The second-order valence-corrected chi connectivity index (χ2v) is 6.97. The molecule has 3 N–H and O–H groups in total. The van der Waals surface area contributed by atoms with Crippen LogP contribution in [0.4, 0.5) is 0 Å². The summed E-state index contributed by atoms with van der Waals surface area (Å²) in [6, 6.07) is 0. The van der Waals surface area contributed by atoms with Crippen LogP contribution in [0.2, 0.25) is 0 Å². The zero-order valence-corrected chi connectivity index (χ0v) is 12.9. The normalized spacial score (nSPS) is 19.2. The standard InChI is InChI=1S/C11H23N3O3S2/c1-2-10(11(12)18)19(15,16)13-4-3-5-14-6-8-17-9-7-14/h10,13H,2-9H2,1H3,(H2,12,18). The van der Waals surface area contributed by atoms with Gasteiger partial charge in [-0.3, -0.25) is 4.90 Å². The predicted octanol–water partition coefficient (Wildman–Crippen LogP) is -0.307. The minimum atomic E-state index is -3.43. The summed E-state index contributed by atoms with van der Waals surface area (Å²) in [7, 11) is -3.43. The van der Waals surface area contributed by atoms with Crippen LogP contribution in [0.3, 0.4) is 0 Å². The highest BCUT2D eigenvalue weighted by Crippen LogP contribution is 2.05. The SMILES string of the molecule is CCC(C(N)=S)S(=O)(=O)NCCCN1CCOCC1. The van der Waals surface area contributed by atoms with Crippen LogP contribution in [-0.2, 0) is 14.8 Å². The molecule has 0 aliphatic carbocycles. The Morgan fingerprint density at radius 2 is 2.11 bits per heavy atom. The van der Waals surface area contributed by atoms with E-state index in [-0.39, 0.29) is 4.99 Å². The van der Waals surface area contributed by atoms with Crippen molar-refractivity contribution >= 4 is 27.2 Å². The van der Waals surface area contributed by atoms with Gasteiger partial charge in [-0.05, 0) is 19.4 Å². The van der Waals surface area contributed by atoms with Crippen molar-refractivity contribution in [1.29, 1.82) is 0 Å². The fourth-order valence-electron chi connectivity index (χ4n) is 2.02. The number of ether oxygens (including phenoxy) is 1. The van der Waals surface area contributed by atoms with Crippen molar-refractivity contribution in [2.75, 3.05) is 39.4 Å². The van der Waals surface area contributed by atoms with Gasteiger partial charge in [-0.25, -0.2) is 13.1 Å². The number of nitrogens with zero attached hydrogens (tertiary/aromatic N) is 1. The maximum Gasteiger partial charge on any atom is 0.220 e. The summed E-state index contributed by atoms with van der Waals surface area (Å²) in [6.45, 7) is 6.38. The van der Waals surface area contributed by atoms with Gasteiger partial charge in [-0.1, -0.05) is 19.1 Å². The lowest BCUT2D eigenvalue weighted by Crippen LogP contribution is -2.43. The number of morpholine rings is 1. The molecule has 0 bridgehead atoms. The van der Waals surface area contributed by atoms with Crippen molar-refractivity contribution in [2.45, 2.75) is 25.0 Å². The third kappa shape index (κ3) is 5.70. The number of sulfonamides is 1. The molecule has 8 heteroatoms. The van der Waals surface area contributed by atoms with Crippen LogP contribution >= 0.6 is 12.2 Å². The van der Waals surface area contributed by atoms with Gasteiger partial charge in [0.1, 0.15) is 5.25 Å². The molecule has 1 rings (SSSR count). The third-order valence-electron chi connectivity index (χ3n) is 3.12. The number of rotatable bonds is 8. The molecule has 0 spiro atoms. The molecule has 0 radical (unpaired) electrons. The molecule has 1 unspecified atom stereocenters. The average molecular weight is 309 g/mol. The first-order valence-electron chi connectivity index (χ1n) is 6.55. The zero-order chi connectivity index (χ0) is 14.3. The molecule has 1 fully saturated rings. The Kier molecular flexibility index (Phi) is 7.16. The Balaban J connectivity index is 2.29. The number of hydrogen-bond donors (Lipinski definition) is 2. The molecule has 0 aromatic rings. The first-order chi connectivity index (χ1) is 8.97. The van der Waals surface area contributed by atoms with Crippen LogP contribution in [0, 0.1) is 0 Å². The summed E-state index contributed by atoms with van der Waals surface area (Å²) in [6.07, 6.45) is 1.17. The minimum Gasteiger partial charge on any atom is -0.392 e. The lowest BCUT2D eigenvalue weighted by atomic mass is 10.3. The Labute approximate surface area is 120 Å². The van der Waals surface area contributed by atoms with Crippen molar-refractivity contribution in [3.8, 4) is 0 Å². The van der Waals surface area contributed by atoms with Gasteiger partial charge in [0.2, 0.25) is 10.0 Å². The summed E-state index contributed by atoms with van der Waals surface area (Å²) in [5, 5.41) is -0.772. The third-order valence-corrected chi connectivity index (χ3v) is 5.50. The molecule has 1 aliphatic rings. The van der Waals surface area contributed by atoms with Crippen molar-refractivity contribution in [3.05, 3.63) is 0 Å². The van der Waals surface area contributed by atoms with E-state index in [0.717, 1.165) is 39.3 Å². The fourth-order valence-corrected chi connectivity index (χ4v) is 3.94. The van der Waals surface area contributed by atoms with Gasteiger partial charge < -0.3 is 10.5 Å². The largest absolute Gasteiger partial charge is 0.392 e. The van der Waals surface area contributed by atoms with E-state index in [9.17, 15) is 8.42 Å². The molecule has 1 heterocycles. The van der Waals surface area contributed by atoms with Crippen LogP contribution in [0.15, 0.2) is 0 Å². The van der Waals surface area contributed by atoms with Crippen LogP contribution in [-0.4, -0.2) is 62.9 Å². The Bertz CT molecular complexity index is 381. The summed E-state index contributed by atoms with van der Waals surface area (Å²) in [5.74, 6) is 0. The van der Waals surface area contributed by atoms with E-state index < -0.39 is 15.3 Å². The molecule has 19 heavy (non-hydrogen) atoms. The Morgan fingerprint density at radius 3 is 2.63 bits per heavy atom. The van der Waals surface area contributed by atoms with Gasteiger partial charge in [0.25, 0.3) is 0 Å². The van der Waals surface area contributed by atoms with Crippen molar-refractivity contribution in [1.82, 2.24) is 9.62 Å². The molecule has 6 nitrogen and oxygen atoms in total. The molecular formula is C11H23N3O3S2. The molecule has 1 saturated heterocycles. The molecule has 0 aromatic heterocycles. The van der Waals surface area contributed by atoms with E-state index in [1.54, 1.807) is 6.92 Å². The first kappa shape index (κ1) is 16.8. The van der Waals surface area contributed by atoms with E-state index >= 15 is 0 Å². The Morgan fingerprint density at radius 1 is 1.47 bits per heavy atom. The minimum absolute atomic E-state index is 0.0307. The van der Waals surface area contributed by atoms with Crippen LogP contribution in [0.1, 0.15) is 19.8 Å². The second kappa shape index (κ2) is 8.11. The van der Waals surface area contributed by atoms with Gasteiger partial charge in [-0.2, -0.15) is 0 Å². The van der Waals surface area contributed by atoms with Gasteiger partial charge in [0.05, 0.1) is 18.2 Å². The van der Waals surface area contributed by atoms with Crippen LogP contribution < -0.4 is 10.5 Å². The number of hydrogen-bond acceptors (Lipinski definition) is 5. The molecule has 0 amide bonds. The Hall–Kier alpha value is -0.280. The molecule has 0 saturated carbocycles. The van der Waals surface area contributed by atoms with Gasteiger partial charge in [0.15, 0.2) is 0 Å². The molecule has 1 aliphatic heterocycles. The molecule has 0 aromatic carbocycles. The van der Waals surface area contributed by atoms with Crippen molar-refractivity contribution in [2.24, 2.45) is 5.73 Å². The van der Waals surface area contributed by atoms with Crippen molar-refractivity contribution < 1.29 is 13.2 Å². The predicted molar refractivity (Wildman–Crippen MR) is 79.7 cm³/mol. The van der Waals surface area contributed by atoms with E-state index in [4.69, 9.17) is 22.7 Å². The lowest BCUT2D eigenvalue weighted by Gasteiger charge is -2.26. The molecule has 112 valence electrons. The topological polar surface area (TPSA) is 84.7 Å². The lowest BCUT2D eigenvalue weighted by molar-refractivity contribution is 0.0376. The molecular weight excluding hydrogens is 286 g/mol. The number of nitrogens with two attached hydrogens (primary N) is 1.